The number of halogens is 3. The van der Waals surface area contributed by atoms with Gasteiger partial charge in [-0.3, -0.25) is 19.1 Å². The molecule has 20 heteroatoms. The first-order chi connectivity index (χ1) is 29.6. The molecule has 0 radical (unpaired) electrons. The summed E-state index contributed by atoms with van der Waals surface area (Å²) in [7, 11) is -0.246. The molecular formula is C43H52F3N7O9S. The van der Waals surface area contributed by atoms with Crippen molar-refractivity contribution in [3.63, 3.8) is 0 Å². The first-order valence-electron chi connectivity index (χ1n) is 20.8. The van der Waals surface area contributed by atoms with Crippen LogP contribution in [0.4, 0.5) is 23.7 Å². The first-order valence-corrected chi connectivity index (χ1v) is 22.4. The lowest BCUT2D eigenvalue weighted by Gasteiger charge is -2.30. The minimum atomic E-state index is -4.88. The van der Waals surface area contributed by atoms with Gasteiger partial charge in [0.05, 0.1) is 17.5 Å². The maximum atomic E-state index is 14.7. The molecule has 4 aliphatic rings. The van der Waals surface area contributed by atoms with E-state index in [1.54, 1.807) is 39.0 Å². The fourth-order valence-electron chi connectivity index (χ4n) is 7.76. The molecule has 4 N–H and O–H groups in total. The Bertz CT molecular complexity index is 2390. The van der Waals surface area contributed by atoms with Crippen molar-refractivity contribution >= 4 is 50.3 Å². The number of carbonyl (C=O) groups excluding carboxylic acids is 4. The molecule has 2 saturated carbocycles. The number of rotatable bonds is 9. The van der Waals surface area contributed by atoms with Gasteiger partial charge in [0, 0.05) is 49.6 Å². The Morgan fingerprint density at radius 1 is 1.03 bits per heavy atom. The quantitative estimate of drug-likeness (QED) is 0.220. The van der Waals surface area contributed by atoms with Crippen molar-refractivity contribution in [1.29, 1.82) is 0 Å². The maximum absolute atomic E-state index is 14.7. The molecule has 3 fully saturated rings. The molecule has 0 spiro atoms. The van der Waals surface area contributed by atoms with Gasteiger partial charge < -0.3 is 40.0 Å². The van der Waals surface area contributed by atoms with Crippen molar-refractivity contribution in [1.82, 2.24) is 30.6 Å². The monoisotopic (exact) mass is 899 g/mol. The third-order valence-electron chi connectivity index (χ3n) is 11.2. The zero-order valence-corrected chi connectivity index (χ0v) is 36.4. The molecule has 4 amide bonds. The number of nitrogens with zero attached hydrogens (tertiary/aromatic N) is 3. The third-order valence-corrected chi connectivity index (χ3v) is 13.0. The number of aromatic nitrogens is 1. The molecule has 1 aromatic heterocycles. The van der Waals surface area contributed by atoms with Crippen molar-refractivity contribution < 1.29 is 55.0 Å². The second kappa shape index (κ2) is 17.5. The lowest BCUT2D eigenvalue weighted by Crippen LogP contribution is -2.59. The van der Waals surface area contributed by atoms with E-state index in [9.17, 15) is 40.8 Å². The molecule has 1 saturated heterocycles. The summed E-state index contributed by atoms with van der Waals surface area (Å²) in [6.45, 7) is 5.30. The molecule has 7 rings (SSSR count). The van der Waals surface area contributed by atoms with Crippen LogP contribution in [-0.4, -0.2) is 117 Å². The summed E-state index contributed by atoms with van der Waals surface area (Å²) in [5.74, 6) is -3.05. The summed E-state index contributed by atoms with van der Waals surface area (Å²) in [5.41, 5.74) is -0.859. The zero-order chi connectivity index (χ0) is 45.5. The molecule has 340 valence electrons. The van der Waals surface area contributed by atoms with E-state index in [1.807, 2.05) is 37.2 Å². The molecule has 16 nitrogen and oxygen atoms in total. The van der Waals surface area contributed by atoms with E-state index in [2.05, 4.69) is 25.4 Å². The molecule has 5 atom stereocenters. The first kappa shape index (κ1) is 45.4. The second-order valence-corrected chi connectivity index (χ2v) is 19.5. The van der Waals surface area contributed by atoms with Crippen molar-refractivity contribution in [2.75, 3.05) is 38.6 Å². The number of allylic oxidation sites excluding steroid dienone is 1. The fraction of sp³-hybridized carbons (Fsp3) is 0.512. The van der Waals surface area contributed by atoms with Crippen molar-refractivity contribution in [2.45, 2.75) is 100 Å². The number of anilines is 1. The number of hydrogen-bond donors (Lipinski definition) is 4. The minimum absolute atomic E-state index is 0.0125. The van der Waals surface area contributed by atoms with Crippen LogP contribution >= 0.6 is 0 Å². The number of hydrogen-bond acceptors (Lipinski definition) is 12. The van der Waals surface area contributed by atoms with E-state index in [1.165, 1.54) is 29.2 Å². The van der Waals surface area contributed by atoms with E-state index < -0.39 is 86.4 Å². The number of sulfonamides is 1. The fourth-order valence-corrected chi connectivity index (χ4v) is 9.12. The SMILES string of the molecule is CN(C)c1ccc2c(OC3C[C@H]4C(=O)N[C@]5(C(=O)NS(=O)(=O)C6CC6)C[C@H]5/C=C\CCCNC[C@H](NC(=O)OC(C)(C)C)C(=O)N4C3)nc(-c3ccc(OC(F)(F)F)cc3)cc2c1. The number of fused-ring (bicyclic) bond motifs is 3. The number of carbonyl (C=O) groups is 4. The number of pyridine rings is 1. The highest BCUT2D eigenvalue weighted by molar-refractivity contribution is 7.91. The Labute approximate surface area is 363 Å². The van der Waals surface area contributed by atoms with E-state index >= 15 is 0 Å². The number of ether oxygens (including phenoxy) is 3. The topological polar surface area (TPSA) is 198 Å². The highest BCUT2D eigenvalue weighted by atomic mass is 32.2. The van der Waals surface area contributed by atoms with Crippen molar-refractivity contribution in [3.8, 4) is 22.9 Å². The van der Waals surface area contributed by atoms with Crippen LogP contribution in [0.1, 0.15) is 59.3 Å². The molecular weight excluding hydrogens is 848 g/mol. The van der Waals surface area contributed by atoms with Gasteiger partial charge in [0.15, 0.2) is 0 Å². The third kappa shape index (κ3) is 10.9. The molecule has 3 heterocycles. The van der Waals surface area contributed by atoms with Gasteiger partial charge in [-0.1, -0.05) is 12.2 Å². The van der Waals surface area contributed by atoms with Crippen LogP contribution in [-0.2, 0) is 29.1 Å². The van der Waals surface area contributed by atoms with Gasteiger partial charge in [-0.2, -0.15) is 0 Å². The van der Waals surface area contributed by atoms with Crippen molar-refractivity contribution in [2.24, 2.45) is 5.92 Å². The summed E-state index contributed by atoms with van der Waals surface area (Å²) in [5, 5.41) is 9.25. The summed E-state index contributed by atoms with van der Waals surface area (Å²) in [4.78, 5) is 64.1. The molecule has 1 unspecified atom stereocenters. The number of amides is 4. The summed E-state index contributed by atoms with van der Waals surface area (Å²) < 4.78 is 83.0. The van der Waals surface area contributed by atoms with Crippen molar-refractivity contribution in [3.05, 3.63) is 60.7 Å². The van der Waals surface area contributed by atoms with Crippen LogP contribution in [0.5, 0.6) is 11.6 Å². The summed E-state index contributed by atoms with van der Waals surface area (Å²) in [6, 6.07) is 10.0. The lowest BCUT2D eigenvalue weighted by atomic mass is 10.1. The highest BCUT2D eigenvalue weighted by Crippen LogP contribution is 2.46. The lowest BCUT2D eigenvalue weighted by molar-refractivity contribution is -0.274. The van der Waals surface area contributed by atoms with Crippen LogP contribution in [0.3, 0.4) is 0 Å². The van der Waals surface area contributed by atoms with E-state index in [4.69, 9.17) is 14.5 Å². The van der Waals surface area contributed by atoms with Gasteiger partial charge in [-0.25, -0.2) is 18.2 Å². The molecule has 63 heavy (non-hydrogen) atoms. The van der Waals surface area contributed by atoms with Gasteiger partial charge >= 0.3 is 12.5 Å². The largest absolute Gasteiger partial charge is 0.573 e. The standard InChI is InChI=1S/C43H52F3N7O9S/c1-41(2,3)62-40(57)49-34-23-47-18-8-6-7-9-27-22-42(27,39(56)51-63(58,59)31-15-16-31)50-36(54)35-21-30(24-53(35)38(34)55)60-37-32-17-12-28(52(4)5)19-26(32)20-33(48-37)25-10-13-29(14-11-25)61-43(44,45)46/h7,9-14,17,19-20,27,30-31,34-35,47H,6,8,15-16,18,21-24H2,1-5H3,(H,49,57)(H,50,54)(H,51,56)/b9-7-/t27-,30?,34+,35+,42-/m1/s1. The van der Waals surface area contributed by atoms with E-state index in [0.717, 1.165) is 5.69 Å². The normalized spacial score (nSPS) is 25.0. The Balaban J connectivity index is 1.24. The van der Waals surface area contributed by atoms with Gasteiger partial charge in [-0.05, 0) is 113 Å². The van der Waals surface area contributed by atoms with Crippen LogP contribution in [0.15, 0.2) is 60.7 Å². The minimum Gasteiger partial charge on any atom is -0.472 e. The van der Waals surface area contributed by atoms with Crippen LogP contribution in [0, 0.1) is 5.92 Å². The average Bonchev–Trinajstić information content (AvgIpc) is 4.12. The average molecular weight is 900 g/mol. The predicted octanol–water partition coefficient (Wildman–Crippen LogP) is 4.53. The number of alkyl carbamates (subject to hydrolysis) is 1. The predicted molar refractivity (Wildman–Crippen MR) is 226 cm³/mol. The number of nitrogens with one attached hydrogen (secondary N) is 4. The smallest absolute Gasteiger partial charge is 0.472 e. The molecule has 2 aliphatic carbocycles. The zero-order valence-electron chi connectivity index (χ0n) is 35.6. The summed E-state index contributed by atoms with van der Waals surface area (Å²) >= 11 is 0. The van der Waals surface area contributed by atoms with Gasteiger partial charge in [0.2, 0.25) is 27.7 Å². The summed E-state index contributed by atoms with van der Waals surface area (Å²) in [6.07, 6.45) is -0.884. The maximum Gasteiger partial charge on any atom is 0.573 e. The molecule has 0 bridgehead atoms. The van der Waals surface area contributed by atoms with Crippen LogP contribution < -0.4 is 35.0 Å². The van der Waals surface area contributed by atoms with Gasteiger partial charge in [0.1, 0.15) is 35.1 Å². The second-order valence-electron chi connectivity index (χ2n) is 17.6. The van der Waals surface area contributed by atoms with Crippen LogP contribution in [0.2, 0.25) is 0 Å². The Hall–Kier alpha value is -5.63. The molecule has 2 aromatic carbocycles. The number of alkyl halides is 3. The van der Waals surface area contributed by atoms with E-state index in [-0.39, 0.29) is 31.8 Å². The Kier molecular flexibility index (Phi) is 12.6. The van der Waals surface area contributed by atoms with Gasteiger partial charge in [0.25, 0.3) is 5.91 Å². The Morgan fingerprint density at radius 3 is 2.43 bits per heavy atom. The highest BCUT2D eigenvalue weighted by Gasteiger charge is 2.62. The van der Waals surface area contributed by atoms with E-state index in [0.29, 0.717) is 54.3 Å². The number of benzene rings is 2. The Morgan fingerprint density at radius 2 is 1.76 bits per heavy atom. The molecule has 3 aromatic rings. The van der Waals surface area contributed by atoms with Gasteiger partial charge in [-0.15, -0.1) is 13.2 Å². The van der Waals surface area contributed by atoms with Crippen LogP contribution in [0.25, 0.3) is 22.0 Å². The molecule has 2 aliphatic heterocycles.